The summed E-state index contributed by atoms with van der Waals surface area (Å²) in [5, 5.41) is 12.6. The van der Waals surface area contributed by atoms with Crippen molar-refractivity contribution in [1.29, 1.82) is 0 Å². The van der Waals surface area contributed by atoms with Gasteiger partial charge in [0.15, 0.2) is 0 Å². The van der Waals surface area contributed by atoms with Crippen molar-refractivity contribution in [1.82, 2.24) is 5.32 Å². The van der Waals surface area contributed by atoms with E-state index in [0.29, 0.717) is 25.6 Å². The lowest BCUT2D eigenvalue weighted by Crippen LogP contribution is -2.53. The van der Waals surface area contributed by atoms with Crippen molar-refractivity contribution >= 4 is 5.91 Å². The van der Waals surface area contributed by atoms with Gasteiger partial charge in [0.25, 0.3) is 0 Å². The highest BCUT2D eigenvalue weighted by Crippen LogP contribution is 2.32. The highest BCUT2D eigenvalue weighted by Gasteiger charge is 2.35. The van der Waals surface area contributed by atoms with Crippen LogP contribution in [-0.4, -0.2) is 36.4 Å². The zero-order valence-corrected chi connectivity index (χ0v) is 11.7. The van der Waals surface area contributed by atoms with E-state index < -0.39 is 0 Å². The number of amides is 1. The monoisotopic (exact) mass is 257 g/mol. The normalized spacial score (nSPS) is 28.1. The number of carbonyl (C=O) groups excluding carboxylic acids is 1. The molecule has 2 N–H and O–H groups in total. The second kappa shape index (κ2) is 7.74. The van der Waals surface area contributed by atoms with Gasteiger partial charge in [-0.1, -0.05) is 19.8 Å². The molecule has 0 spiro atoms. The van der Waals surface area contributed by atoms with Crippen LogP contribution >= 0.6 is 0 Å². The van der Waals surface area contributed by atoms with Gasteiger partial charge in [-0.05, 0) is 32.1 Å². The Bertz CT molecular complexity index is 257. The van der Waals surface area contributed by atoms with Crippen LogP contribution in [0.5, 0.6) is 0 Å². The van der Waals surface area contributed by atoms with Crippen LogP contribution < -0.4 is 5.32 Å². The van der Waals surface area contributed by atoms with Crippen molar-refractivity contribution in [2.75, 3.05) is 19.8 Å². The van der Waals surface area contributed by atoms with E-state index in [2.05, 4.69) is 12.2 Å². The summed E-state index contributed by atoms with van der Waals surface area (Å²) >= 11 is 0. The zero-order valence-electron chi connectivity index (χ0n) is 11.7. The third-order valence-corrected chi connectivity index (χ3v) is 3.70. The Hall–Kier alpha value is -0.610. The first-order valence-corrected chi connectivity index (χ1v) is 7.11. The minimum atomic E-state index is -0.375. The van der Waals surface area contributed by atoms with Gasteiger partial charge in [0.2, 0.25) is 5.91 Å². The highest BCUT2D eigenvalue weighted by molar-refractivity contribution is 5.76. The van der Waals surface area contributed by atoms with Crippen LogP contribution in [-0.2, 0) is 9.53 Å². The van der Waals surface area contributed by atoms with Gasteiger partial charge in [-0.25, -0.2) is 0 Å². The predicted octanol–water partition coefficient (Wildman–Crippen LogP) is 1.86. The number of hydrogen-bond donors (Lipinski definition) is 2. The van der Waals surface area contributed by atoms with Crippen molar-refractivity contribution < 1.29 is 14.6 Å². The first-order valence-electron chi connectivity index (χ1n) is 7.11. The average molecular weight is 257 g/mol. The minimum absolute atomic E-state index is 0.0397. The van der Waals surface area contributed by atoms with E-state index in [1.807, 2.05) is 6.92 Å². The maximum Gasteiger partial charge on any atom is 0.220 e. The molecule has 0 bridgehead atoms. The van der Waals surface area contributed by atoms with Crippen molar-refractivity contribution in [3.05, 3.63) is 0 Å². The first-order chi connectivity index (χ1) is 8.62. The molecule has 0 aliphatic heterocycles. The number of ether oxygens (including phenoxy) is 1. The Morgan fingerprint density at radius 2 is 2.33 bits per heavy atom. The molecule has 1 amide bonds. The lowest BCUT2D eigenvalue weighted by Gasteiger charge is -2.39. The molecule has 1 aliphatic carbocycles. The zero-order chi connectivity index (χ0) is 13.4. The maximum absolute atomic E-state index is 11.9. The number of carbonyl (C=O) groups is 1. The number of nitrogens with one attached hydrogen (secondary N) is 1. The molecule has 18 heavy (non-hydrogen) atoms. The van der Waals surface area contributed by atoms with Gasteiger partial charge in [0.1, 0.15) is 0 Å². The largest absolute Gasteiger partial charge is 0.394 e. The maximum atomic E-state index is 11.9. The molecule has 1 aliphatic rings. The Morgan fingerprint density at radius 1 is 1.56 bits per heavy atom. The molecule has 106 valence electrons. The molecule has 1 saturated carbocycles. The van der Waals surface area contributed by atoms with Crippen LogP contribution in [0, 0.1) is 5.92 Å². The van der Waals surface area contributed by atoms with Gasteiger partial charge in [-0.15, -0.1) is 0 Å². The number of aliphatic hydroxyl groups excluding tert-OH is 1. The Balaban J connectivity index is 2.35. The van der Waals surface area contributed by atoms with Crippen molar-refractivity contribution in [2.24, 2.45) is 5.92 Å². The molecule has 2 atom stereocenters. The van der Waals surface area contributed by atoms with Crippen molar-refractivity contribution in [3.63, 3.8) is 0 Å². The van der Waals surface area contributed by atoms with Gasteiger partial charge in [0.05, 0.1) is 12.1 Å². The minimum Gasteiger partial charge on any atom is -0.394 e. The SMILES string of the molecule is CCOCCCC(=O)NC1(CO)CCCC(C)C1. The van der Waals surface area contributed by atoms with E-state index in [0.717, 1.165) is 25.7 Å². The fourth-order valence-corrected chi connectivity index (χ4v) is 2.79. The van der Waals surface area contributed by atoms with Crippen LogP contribution in [0.1, 0.15) is 52.4 Å². The van der Waals surface area contributed by atoms with E-state index >= 15 is 0 Å². The molecule has 1 rings (SSSR count). The van der Waals surface area contributed by atoms with Crippen molar-refractivity contribution in [3.8, 4) is 0 Å². The Kier molecular flexibility index (Phi) is 6.65. The van der Waals surface area contributed by atoms with Gasteiger partial charge < -0.3 is 15.2 Å². The smallest absolute Gasteiger partial charge is 0.220 e. The number of hydrogen-bond acceptors (Lipinski definition) is 3. The van der Waals surface area contributed by atoms with Gasteiger partial charge in [-0.3, -0.25) is 4.79 Å². The molecular weight excluding hydrogens is 230 g/mol. The summed E-state index contributed by atoms with van der Waals surface area (Å²) in [6.45, 7) is 5.51. The topological polar surface area (TPSA) is 58.6 Å². The van der Waals surface area contributed by atoms with Crippen LogP contribution in [0.4, 0.5) is 0 Å². The van der Waals surface area contributed by atoms with Crippen molar-refractivity contribution in [2.45, 2.75) is 57.9 Å². The molecule has 0 aromatic rings. The summed E-state index contributed by atoms with van der Waals surface area (Å²) in [5.74, 6) is 0.618. The summed E-state index contributed by atoms with van der Waals surface area (Å²) < 4.78 is 5.21. The summed E-state index contributed by atoms with van der Waals surface area (Å²) in [6.07, 6.45) is 5.29. The van der Waals surface area contributed by atoms with Crippen LogP contribution in [0.2, 0.25) is 0 Å². The Morgan fingerprint density at radius 3 is 2.94 bits per heavy atom. The fourth-order valence-electron chi connectivity index (χ4n) is 2.79. The highest BCUT2D eigenvalue weighted by atomic mass is 16.5. The summed E-state index contributed by atoms with van der Waals surface area (Å²) in [6, 6.07) is 0. The van der Waals surface area contributed by atoms with E-state index in [1.54, 1.807) is 0 Å². The van der Waals surface area contributed by atoms with Gasteiger partial charge >= 0.3 is 0 Å². The fraction of sp³-hybridized carbons (Fsp3) is 0.929. The first kappa shape index (κ1) is 15.4. The molecule has 2 unspecified atom stereocenters. The second-order valence-corrected chi connectivity index (χ2v) is 5.49. The number of rotatable bonds is 7. The van der Waals surface area contributed by atoms with E-state index in [9.17, 15) is 9.90 Å². The molecule has 0 aromatic carbocycles. The quantitative estimate of drug-likeness (QED) is 0.684. The van der Waals surface area contributed by atoms with Gasteiger partial charge in [-0.2, -0.15) is 0 Å². The molecule has 0 saturated heterocycles. The standard InChI is InChI=1S/C14H27NO3/c1-3-18-9-5-7-13(17)15-14(11-16)8-4-6-12(2)10-14/h12,16H,3-11H2,1-2H3,(H,15,17). The summed E-state index contributed by atoms with van der Waals surface area (Å²) in [7, 11) is 0. The molecule has 0 aromatic heterocycles. The molecular formula is C14H27NO3. The summed E-state index contributed by atoms with van der Waals surface area (Å²) in [5.41, 5.74) is -0.375. The summed E-state index contributed by atoms with van der Waals surface area (Å²) in [4.78, 5) is 11.9. The predicted molar refractivity (Wildman–Crippen MR) is 71.3 cm³/mol. The van der Waals surface area contributed by atoms with Gasteiger partial charge in [0, 0.05) is 19.6 Å². The lowest BCUT2D eigenvalue weighted by atomic mass is 9.77. The molecule has 0 radical (unpaired) electrons. The van der Waals surface area contributed by atoms with Crippen LogP contribution in [0.15, 0.2) is 0 Å². The van der Waals surface area contributed by atoms with Crippen LogP contribution in [0.3, 0.4) is 0 Å². The average Bonchev–Trinajstić information content (AvgIpc) is 2.34. The molecule has 1 fully saturated rings. The third-order valence-electron chi connectivity index (χ3n) is 3.70. The van der Waals surface area contributed by atoms with E-state index in [1.165, 1.54) is 6.42 Å². The molecule has 4 nitrogen and oxygen atoms in total. The van der Waals surface area contributed by atoms with E-state index in [4.69, 9.17) is 4.74 Å². The lowest BCUT2D eigenvalue weighted by molar-refractivity contribution is -0.124. The van der Waals surface area contributed by atoms with E-state index in [-0.39, 0.29) is 18.1 Å². The molecule has 4 heteroatoms. The van der Waals surface area contributed by atoms with Crippen LogP contribution in [0.25, 0.3) is 0 Å². The molecule has 0 heterocycles. The Labute approximate surface area is 110 Å². The number of aliphatic hydroxyl groups is 1. The third kappa shape index (κ3) is 4.94. The second-order valence-electron chi connectivity index (χ2n) is 5.49.